The Morgan fingerprint density at radius 3 is 2.87 bits per heavy atom. The van der Waals surface area contributed by atoms with E-state index in [1.54, 1.807) is 18.6 Å². The molecule has 0 unspecified atom stereocenters. The smallest absolute Gasteiger partial charge is 0.156 e. The Morgan fingerprint density at radius 2 is 2.07 bits per heavy atom. The third kappa shape index (κ3) is 1.36. The van der Waals surface area contributed by atoms with Crippen LogP contribution in [0.3, 0.4) is 0 Å². The van der Waals surface area contributed by atoms with Crippen LogP contribution in [0.25, 0.3) is 17.0 Å². The monoisotopic (exact) mass is 196 g/mol. The molecule has 3 aromatic rings. The first-order valence-electron chi connectivity index (χ1n) is 4.63. The third-order valence-corrected chi connectivity index (χ3v) is 2.19. The number of hydrogen-bond acceptors (Lipinski definition) is 3. The van der Waals surface area contributed by atoms with Gasteiger partial charge in [-0.2, -0.15) is 0 Å². The summed E-state index contributed by atoms with van der Waals surface area (Å²) in [5, 5.41) is 0. The van der Waals surface area contributed by atoms with Crippen LogP contribution in [0.2, 0.25) is 0 Å². The van der Waals surface area contributed by atoms with E-state index in [2.05, 4.69) is 15.0 Å². The minimum absolute atomic E-state index is 0.832. The largest absolute Gasteiger partial charge is 0.304 e. The Balaban J connectivity index is 2.21. The number of imidazole rings is 1. The van der Waals surface area contributed by atoms with Crippen LogP contribution in [0.5, 0.6) is 0 Å². The number of hydrogen-bond donors (Lipinski definition) is 0. The summed E-state index contributed by atoms with van der Waals surface area (Å²) in [6.07, 6.45) is 9.04. The minimum Gasteiger partial charge on any atom is -0.304 e. The summed E-state index contributed by atoms with van der Waals surface area (Å²) in [7, 11) is 0. The number of rotatable bonds is 1. The molecule has 4 heteroatoms. The van der Waals surface area contributed by atoms with E-state index in [1.807, 2.05) is 35.0 Å². The number of fused-ring (bicyclic) bond motifs is 1. The predicted octanol–water partition coefficient (Wildman–Crippen LogP) is 1.79. The molecule has 15 heavy (non-hydrogen) atoms. The summed E-state index contributed by atoms with van der Waals surface area (Å²) in [5.74, 6) is 0. The molecule has 0 aromatic carbocycles. The van der Waals surface area contributed by atoms with Crippen LogP contribution in [0.4, 0.5) is 0 Å². The lowest BCUT2D eigenvalue weighted by atomic mass is 10.3. The van der Waals surface area contributed by atoms with Crippen molar-refractivity contribution in [3.05, 3.63) is 49.2 Å². The topological polar surface area (TPSA) is 43.1 Å². The van der Waals surface area contributed by atoms with Gasteiger partial charge in [-0.25, -0.2) is 4.98 Å². The molecule has 0 saturated carbocycles. The van der Waals surface area contributed by atoms with Gasteiger partial charge in [-0.05, 0) is 12.1 Å². The van der Waals surface area contributed by atoms with Gasteiger partial charge in [0.25, 0.3) is 0 Å². The molecule has 0 amide bonds. The van der Waals surface area contributed by atoms with E-state index in [9.17, 15) is 0 Å². The third-order valence-electron chi connectivity index (χ3n) is 2.19. The molecule has 3 rings (SSSR count). The van der Waals surface area contributed by atoms with E-state index in [0.717, 1.165) is 17.0 Å². The minimum atomic E-state index is 0.832. The standard InChI is InChI=1S/C11H8N4/c1-2-4-13-9(3-1)10-8-15-6-5-12-7-11(15)14-10/h1-8H. The van der Waals surface area contributed by atoms with Gasteiger partial charge >= 0.3 is 0 Å². The van der Waals surface area contributed by atoms with Crippen molar-refractivity contribution in [2.45, 2.75) is 0 Å². The van der Waals surface area contributed by atoms with Crippen molar-refractivity contribution in [1.82, 2.24) is 19.4 Å². The van der Waals surface area contributed by atoms with Crippen molar-refractivity contribution >= 4 is 5.65 Å². The molecule has 0 fully saturated rings. The Hall–Kier alpha value is -2.23. The van der Waals surface area contributed by atoms with Crippen LogP contribution >= 0.6 is 0 Å². The fourth-order valence-electron chi connectivity index (χ4n) is 1.48. The Bertz CT molecular complexity index is 553. The summed E-state index contributed by atoms with van der Waals surface area (Å²) in [4.78, 5) is 12.7. The average Bonchev–Trinajstić information content (AvgIpc) is 2.74. The second-order valence-electron chi connectivity index (χ2n) is 3.18. The van der Waals surface area contributed by atoms with Crippen molar-refractivity contribution < 1.29 is 0 Å². The second-order valence-corrected chi connectivity index (χ2v) is 3.18. The molecule has 0 N–H and O–H groups in total. The van der Waals surface area contributed by atoms with Gasteiger partial charge in [-0.15, -0.1) is 0 Å². The van der Waals surface area contributed by atoms with Crippen LogP contribution in [-0.4, -0.2) is 19.4 Å². The molecular formula is C11H8N4. The number of nitrogens with zero attached hydrogens (tertiary/aromatic N) is 4. The molecule has 4 nitrogen and oxygen atoms in total. The molecule has 3 heterocycles. The highest BCUT2D eigenvalue weighted by Crippen LogP contribution is 2.15. The van der Waals surface area contributed by atoms with Crippen molar-refractivity contribution in [3.63, 3.8) is 0 Å². The quantitative estimate of drug-likeness (QED) is 0.596. The average molecular weight is 196 g/mol. The van der Waals surface area contributed by atoms with Gasteiger partial charge in [0, 0.05) is 24.8 Å². The zero-order chi connectivity index (χ0) is 10.1. The lowest BCUT2D eigenvalue weighted by Gasteiger charge is -1.91. The predicted molar refractivity (Wildman–Crippen MR) is 56.2 cm³/mol. The van der Waals surface area contributed by atoms with Gasteiger partial charge in [0.1, 0.15) is 5.69 Å². The number of pyridine rings is 1. The summed E-state index contributed by atoms with van der Waals surface area (Å²) < 4.78 is 1.93. The number of aromatic nitrogens is 4. The van der Waals surface area contributed by atoms with Crippen LogP contribution in [0, 0.1) is 0 Å². The van der Waals surface area contributed by atoms with E-state index in [0.29, 0.717) is 0 Å². The van der Waals surface area contributed by atoms with E-state index in [-0.39, 0.29) is 0 Å². The fraction of sp³-hybridized carbons (Fsp3) is 0. The zero-order valence-corrected chi connectivity index (χ0v) is 7.91. The van der Waals surface area contributed by atoms with E-state index in [4.69, 9.17) is 0 Å². The zero-order valence-electron chi connectivity index (χ0n) is 7.91. The van der Waals surface area contributed by atoms with Crippen molar-refractivity contribution in [1.29, 1.82) is 0 Å². The van der Waals surface area contributed by atoms with Gasteiger partial charge in [0.15, 0.2) is 5.65 Å². The highest BCUT2D eigenvalue weighted by Gasteiger charge is 2.03. The molecule has 72 valence electrons. The molecule has 0 aliphatic heterocycles. The molecule has 0 saturated heterocycles. The molecule has 0 aliphatic carbocycles. The maximum Gasteiger partial charge on any atom is 0.156 e. The molecule has 3 aromatic heterocycles. The first kappa shape index (κ1) is 8.11. The molecule has 0 spiro atoms. The summed E-state index contributed by atoms with van der Waals surface area (Å²) in [5.41, 5.74) is 2.57. The van der Waals surface area contributed by atoms with Crippen molar-refractivity contribution in [3.8, 4) is 11.4 Å². The molecular weight excluding hydrogens is 188 g/mol. The highest BCUT2D eigenvalue weighted by atomic mass is 15.0. The first-order chi connectivity index (χ1) is 7.43. The fourth-order valence-corrected chi connectivity index (χ4v) is 1.48. The maximum atomic E-state index is 4.42. The van der Waals surface area contributed by atoms with Crippen LogP contribution in [-0.2, 0) is 0 Å². The van der Waals surface area contributed by atoms with Crippen molar-refractivity contribution in [2.24, 2.45) is 0 Å². The Kier molecular flexibility index (Phi) is 1.71. The molecule has 0 atom stereocenters. The van der Waals surface area contributed by atoms with Gasteiger partial charge in [-0.3, -0.25) is 9.97 Å². The Morgan fingerprint density at radius 1 is 1.07 bits per heavy atom. The van der Waals surface area contributed by atoms with Crippen LogP contribution < -0.4 is 0 Å². The van der Waals surface area contributed by atoms with Gasteiger partial charge in [0.05, 0.1) is 11.9 Å². The first-order valence-corrected chi connectivity index (χ1v) is 4.63. The normalized spacial score (nSPS) is 10.7. The van der Waals surface area contributed by atoms with Gasteiger partial charge in [0.2, 0.25) is 0 Å². The molecule has 0 aliphatic rings. The van der Waals surface area contributed by atoms with Gasteiger partial charge < -0.3 is 4.40 Å². The highest BCUT2D eigenvalue weighted by molar-refractivity contribution is 5.57. The summed E-state index contributed by atoms with van der Waals surface area (Å²) >= 11 is 0. The SMILES string of the molecule is c1ccc(-c2cn3ccncc3n2)nc1. The second kappa shape index (κ2) is 3.16. The lowest BCUT2D eigenvalue weighted by Crippen LogP contribution is -1.81. The summed E-state index contributed by atoms with van der Waals surface area (Å²) in [6.45, 7) is 0. The Labute approximate surface area is 86.3 Å². The lowest BCUT2D eigenvalue weighted by molar-refractivity contribution is 1.13. The van der Waals surface area contributed by atoms with E-state index in [1.165, 1.54) is 0 Å². The molecule has 0 radical (unpaired) electrons. The van der Waals surface area contributed by atoms with E-state index >= 15 is 0 Å². The maximum absolute atomic E-state index is 4.42. The van der Waals surface area contributed by atoms with Crippen LogP contribution in [0.1, 0.15) is 0 Å². The van der Waals surface area contributed by atoms with Gasteiger partial charge in [-0.1, -0.05) is 6.07 Å². The summed E-state index contributed by atoms with van der Waals surface area (Å²) in [6, 6.07) is 5.78. The van der Waals surface area contributed by atoms with Crippen LogP contribution in [0.15, 0.2) is 49.2 Å². The van der Waals surface area contributed by atoms with Crippen molar-refractivity contribution in [2.75, 3.05) is 0 Å². The molecule has 0 bridgehead atoms. The van der Waals surface area contributed by atoms with E-state index < -0.39 is 0 Å².